The number of nitrogens with two attached hydrogens (primary N) is 1. The third-order valence-corrected chi connectivity index (χ3v) is 4.08. The first-order valence-electron chi connectivity index (χ1n) is 7.19. The van der Waals surface area contributed by atoms with Gasteiger partial charge in [-0.1, -0.05) is 24.3 Å². The molecular formula is C17H21N3. The Morgan fingerprint density at radius 1 is 1.25 bits per heavy atom. The van der Waals surface area contributed by atoms with E-state index in [1.165, 1.54) is 16.7 Å². The van der Waals surface area contributed by atoms with Crippen molar-refractivity contribution in [1.29, 1.82) is 0 Å². The lowest BCUT2D eigenvalue weighted by atomic mass is 9.99. The fourth-order valence-electron chi connectivity index (χ4n) is 2.89. The van der Waals surface area contributed by atoms with Crippen LogP contribution in [0.4, 0.5) is 5.82 Å². The molecule has 1 aromatic heterocycles. The van der Waals surface area contributed by atoms with Gasteiger partial charge >= 0.3 is 0 Å². The Hall–Kier alpha value is -1.87. The first-order valence-corrected chi connectivity index (χ1v) is 7.19. The molecule has 1 unspecified atom stereocenters. The minimum absolute atomic E-state index is 0.0404. The van der Waals surface area contributed by atoms with Crippen LogP contribution in [0.25, 0.3) is 0 Å². The van der Waals surface area contributed by atoms with E-state index in [-0.39, 0.29) is 6.04 Å². The van der Waals surface area contributed by atoms with E-state index < -0.39 is 0 Å². The summed E-state index contributed by atoms with van der Waals surface area (Å²) >= 11 is 0. The zero-order valence-corrected chi connectivity index (χ0v) is 12.1. The Labute approximate surface area is 120 Å². The second-order valence-corrected chi connectivity index (χ2v) is 5.63. The Balaban J connectivity index is 1.86. The van der Waals surface area contributed by atoms with Gasteiger partial charge in [0.05, 0.1) is 0 Å². The minimum atomic E-state index is 0.0404. The quantitative estimate of drug-likeness (QED) is 0.909. The van der Waals surface area contributed by atoms with E-state index in [1.54, 1.807) is 0 Å². The van der Waals surface area contributed by atoms with Gasteiger partial charge in [-0.3, -0.25) is 0 Å². The van der Waals surface area contributed by atoms with Gasteiger partial charge in [-0.2, -0.15) is 0 Å². The number of fused-ring (bicyclic) bond motifs is 1. The third-order valence-electron chi connectivity index (χ3n) is 4.08. The van der Waals surface area contributed by atoms with Crippen LogP contribution in [0.15, 0.2) is 36.5 Å². The zero-order valence-electron chi connectivity index (χ0n) is 12.1. The number of aryl methyl sites for hydroxylation is 1. The topological polar surface area (TPSA) is 42.2 Å². The summed E-state index contributed by atoms with van der Waals surface area (Å²) in [7, 11) is 0. The van der Waals surface area contributed by atoms with Gasteiger partial charge in [-0.05, 0) is 48.6 Å². The van der Waals surface area contributed by atoms with Crippen LogP contribution in [0.5, 0.6) is 0 Å². The van der Waals surface area contributed by atoms with Crippen LogP contribution in [-0.4, -0.2) is 11.5 Å². The van der Waals surface area contributed by atoms with Crippen molar-refractivity contribution in [3.05, 3.63) is 58.8 Å². The maximum Gasteiger partial charge on any atom is 0.129 e. The molecule has 0 saturated carbocycles. The summed E-state index contributed by atoms with van der Waals surface area (Å²) in [6, 6.07) is 10.9. The molecule has 2 heterocycles. The molecule has 0 radical (unpaired) electrons. The van der Waals surface area contributed by atoms with Gasteiger partial charge in [0.2, 0.25) is 0 Å². The second kappa shape index (κ2) is 5.25. The highest BCUT2D eigenvalue weighted by molar-refractivity contribution is 5.47. The molecule has 1 atom stereocenters. The van der Waals surface area contributed by atoms with Gasteiger partial charge in [0.15, 0.2) is 0 Å². The first kappa shape index (κ1) is 13.1. The van der Waals surface area contributed by atoms with Crippen molar-refractivity contribution in [2.45, 2.75) is 32.9 Å². The summed E-state index contributed by atoms with van der Waals surface area (Å²) in [5.41, 5.74) is 11.2. The maximum atomic E-state index is 5.95. The highest BCUT2D eigenvalue weighted by Gasteiger charge is 2.17. The predicted molar refractivity (Wildman–Crippen MR) is 82.8 cm³/mol. The van der Waals surface area contributed by atoms with Crippen molar-refractivity contribution in [2.24, 2.45) is 5.73 Å². The van der Waals surface area contributed by atoms with Crippen LogP contribution in [0, 0.1) is 6.92 Å². The lowest BCUT2D eigenvalue weighted by Crippen LogP contribution is -2.31. The van der Waals surface area contributed by atoms with E-state index >= 15 is 0 Å². The molecule has 20 heavy (non-hydrogen) atoms. The molecule has 2 N–H and O–H groups in total. The highest BCUT2D eigenvalue weighted by atomic mass is 15.2. The number of nitrogens with zero attached hydrogens (tertiary/aromatic N) is 2. The Kier molecular flexibility index (Phi) is 3.45. The van der Waals surface area contributed by atoms with Crippen LogP contribution in [0.2, 0.25) is 0 Å². The molecule has 3 rings (SSSR count). The normalized spacial score (nSPS) is 15.8. The SMILES string of the molecule is Cc1cc(N2CCc3ccccc3C2)ncc1C(C)N. The highest BCUT2D eigenvalue weighted by Crippen LogP contribution is 2.25. The first-order chi connectivity index (χ1) is 9.65. The monoisotopic (exact) mass is 267 g/mol. The van der Waals surface area contributed by atoms with Crippen LogP contribution in [-0.2, 0) is 13.0 Å². The Morgan fingerprint density at radius 2 is 2.00 bits per heavy atom. The van der Waals surface area contributed by atoms with E-state index in [0.717, 1.165) is 30.9 Å². The van der Waals surface area contributed by atoms with E-state index in [2.05, 4.69) is 47.1 Å². The molecule has 0 fully saturated rings. The van der Waals surface area contributed by atoms with Crippen LogP contribution >= 0.6 is 0 Å². The summed E-state index contributed by atoms with van der Waals surface area (Å²) < 4.78 is 0. The minimum Gasteiger partial charge on any atom is -0.352 e. The largest absolute Gasteiger partial charge is 0.352 e. The number of benzene rings is 1. The summed E-state index contributed by atoms with van der Waals surface area (Å²) in [5, 5.41) is 0. The van der Waals surface area contributed by atoms with Crippen molar-refractivity contribution in [2.75, 3.05) is 11.4 Å². The maximum absolute atomic E-state index is 5.95. The molecule has 1 aromatic carbocycles. The molecular weight excluding hydrogens is 246 g/mol. The lowest BCUT2D eigenvalue weighted by Gasteiger charge is -2.30. The van der Waals surface area contributed by atoms with Crippen molar-refractivity contribution >= 4 is 5.82 Å². The molecule has 1 aliphatic rings. The van der Waals surface area contributed by atoms with E-state index in [4.69, 9.17) is 5.73 Å². The van der Waals surface area contributed by atoms with Crippen LogP contribution in [0.3, 0.4) is 0 Å². The fraction of sp³-hybridized carbons (Fsp3) is 0.353. The van der Waals surface area contributed by atoms with Gasteiger partial charge in [0.1, 0.15) is 5.82 Å². The van der Waals surface area contributed by atoms with Crippen molar-refractivity contribution in [1.82, 2.24) is 4.98 Å². The zero-order chi connectivity index (χ0) is 14.1. The molecule has 2 aromatic rings. The number of hydrogen-bond acceptors (Lipinski definition) is 3. The smallest absolute Gasteiger partial charge is 0.129 e. The molecule has 1 aliphatic heterocycles. The van der Waals surface area contributed by atoms with Gasteiger partial charge in [-0.15, -0.1) is 0 Å². The number of aromatic nitrogens is 1. The number of anilines is 1. The third kappa shape index (κ3) is 2.41. The van der Waals surface area contributed by atoms with Crippen molar-refractivity contribution in [3.63, 3.8) is 0 Å². The summed E-state index contributed by atoms with van der Waals surface area (Å²) in [6.45, 7) is 6.09. The fourth-order valence-corrected chi connectivity index (χ4v) is 2.89. The molecule has 3 heteroatoms. The predicted octanol–water partition coefficient (Wildman–Crippen LogP) is 2.97. The molecule has 0 saturated heterocycles. The Bertz CT molecular complexity index is 619. The molecule has 0 aliphatic carbocycles. The van der Waals surface area contributed by atoms with Crippen molar-refractivity contribution in [3.8, 4) is 0 Å². The van der Waals surface area contributed by atoms with Crippen molar-refractivity contribution < 1.29 is 0 Å². The molecule has 0 amide bonds. The van der Waals surface area contributed by atoms with Gasteiger partial charge < -0.3 is 10.6 Å². The van der Waals surface area contributed by atoms with Crippen LogP contribution in [0.1, 0.15) is 35.2 Å². The lowest BCUT2D eigenvalue weighted by molar-refractivity contribution is 0.717. The Morgan fingerprint density at radius 3 is 2.70 bits per heavy atom. The molecule has 0 bridgehead atoms. The van der Waals surface area contributed by atoms with Gasteiger partial charge in [-0.25, -0.2) is 4.98 Å². The van der Waals surface area contributed by atoms with Crippen LogP contribution < -0.4 is 10.6 Å². The summed E-state index contributed by atoms with van der Waals surface area (Å²) in [6.07, 6.45) is 3.02. The van der Waals surface area contributed by atoms with E-state index in [0.29, 0.717) is 0 Å². The van der Waals surface area contributed by atoms with E-state index in [1.807, 2.05) is 13.1 Å². The average molecular weight is 267 g/mol. The summed E-state index contributed by atoms with van der Waals surface area (Å²) in [5.74, 6) is 1.06. The van der Waals surface area contributed by atoms with Gasteiger partial charge in [0, 0.05) is 25.3 Å². The van der Waals surface area contributed by atoms with E-state index in [9.17, 15) is 0 Å². The number of pyridine rings is 1. The number of hydrogen-bond donors (Lipinski definition) is 1. The number of rotatable bonds is 2. The summed E-state index contributed by atoms with van der Waals surface area (Å²) in [4.78, 5) is 6.95. The molecule has 3 nitrogen and oxygen atoms in total. The molecule has 104 valence electrons. The second-order valence-electron chi connectivity index (χ2n) is 5.63. The molecule has 0 spiro atoms. The average Bonchev–Trinajstić information content (AvgIpc) is 2.46. The standard InChI is InChI=1S/C17H21N3/c1-12-9-17(19-10-16(12)13(2)18)20-8-7-14-5-3-4-6-15(14)11-20/h3-6,9-10,13H,7-8,11,18H2,1-2H3. The van der Waals surface area contributed by atoms with Gasteiger partial charge in [0.25, 0.3) is 0 Å².